The maximum Gasteiger partial charge on any atom is 0.251 e. The Kier molecular flexibility index (Phi) is 3.99. The molecule has 0 aliphatic heterocycles. The molecule has 0 aliphatic rings. The summed E-state index contributed by atoms with van der Waals surface area (Å²) in [6.07, 6.45) is 0. The second-order valence-corrected chi connectivity index (χ2v) is 4.40. The summed E-state index contributed by atoms with van der Waals surface area (Å²) in [5.74, 6) is -0.592. The van der Waals surface area contributed by atoms with Crippen molar-refractivity contribution in [2.24, 2.45) is 4.99 Å². The van der Waals surface area contributed by atoms with Crippen LogP contribution in [0.4, 0.5) is 4.39 Å². The molecule has 4 heteroatoms. The van der Waals surface area contributed by atoms with Crippen molar-refractivity contribution in [3.63, 3.8) is 0 Å². The Balaban J connectivity index is 2.83. The first kappa shape index (κ1) is 13.4. The third-order valence-corrected chi connectivity index (χ3v) is 2.77. The molecule has 0 aromatic heterocycles. The van der Waals surface area contributed by atoms with Gasteiger partial charge in [-0.15, -0.1) is 0 Å². The van der Waals surface area contributed by atoms with E-state index < -0.39 is 5.54 Å². The molecule has 0 spiro atoms. The van der Waals surface area contributed by atoms with E-state index in [1.54, 1.807) is 7.05 Å². The summed E-state index contributed by atoms with van der Waals surface area (Å²) in [7, 11) is 1.68. The molecule has 0 radical (unpaired) electrons. The summed E-state index contributed by atoms with van der Waals surface area (Å²) in [5, 5.41) is 2.85. The summed E-state index contributed by atoms with van der Waals surface area (Å²) < 4.78 is 12.7. The van der Waals surface area contributed by atoms with Gasteiger partial charge in [0.25, 0.3) is 5.91 Å². The van der Waals surface area contributed by atoms with Gasteiger partial charge in [-0.2, -0.15) is 0 Å². The highest BCUT2D eigenvalue weighted by Crippen LogP contribution is 2.09. The van der Waals surface area contributed by atoms with E-state index in [0.717, 1.165) is 5.71 Å². The number of halogens is 1. The average molecular weight is 236 g/mol. The molecule has 0 saturated heterocycles. The normalized spacial score (nSPS) is 12.4. The number of rotatable bonds is 3. The summed E-state index contributed by atoms with van der Waals surface area (Å²) in [6, 6.07) is 5.45. The molecule has 3 nitrogen and oxygen atoms in total. The Morgan fingerprint density at radius 1 is 1.29 bits per heavy atom. The molecule has 17 heavy (non-hydrogen) atoms. The lowest BCUT2D eigenvalue weighted by Crippen LogP contribution is -2.48. The third kappa shape index (κ3) is 3.37. The van der Waals surface area contributed by atoms with Crippen LogP contribution in [-0.4, -0.2) is 24.2 Å². The first-order chi connectivity index (χ1) is 7.86. The highest BCUT2D eigenvalue weighted by Gasteiger charge is 2.23. The number of nitrogens with one attached hydrogen (secondary N) is 1. The highest BCUT2D eigenvalue weighted by molar-refractivity contribution is 6.00. The molecule has 1 aromatic rings. The number of carbonyl (C=O) groups excluding carboxylic acids is 1. The summed E-state index contributed by atoms with van der Waals surface area (Å²) >= 11 is 0. The van der Waals surface area contributed by atoms with Crippen LogP contribution in [0.5, 0.6) is 0 Å². The molecule has 1 rings (SSSR count). The fourth-order valence-electron chi connectivity index (χ4n) is 1.33. The summed E-state index contributed by atoms with van der Waals surface area (Å²) in [6.45, 7) is 5.60. The van der Waals surface area contributed by atoms with E-state index in [1.165, 1.54) is 24.3 Å². The van der Waals surface area contributed by atoms with Gasteiger partial charge in [0.1, 0.15) is 5.82 Å². The van der Waals surface area contributed by atoms with Crippen LogP contribution in [-0.2, 0) is 0 Å². The minimum atomic E-state index is -0.514. The predicted molar refractivity (Wildman–Crippen MR) is 67.0 cm³/mol. The van der Waals surface area contributed by atoms with Crippen LogP contribution in [0.25, 0.3) is 0 Å². The van der Waals surface area contributed by atoms with Gasteiger partial charge in [-0.05, 0) is 45.0 Å². The molecular formula is C13H17FN2O. The molecule has 0 fully saturated rings. The third-order valence-electron chi connectivity index (χ3n) is 2.77. The van der Waals surface area contributed by atoms with E-state index in [-0.39, 0.29) is 11.7 Å². The number of amides is 1. The first-order valence-corrected chi connectivity index (χ1v) is 5.39. The zero-order chi connectivity index (χ0) is 13.1. The molecular weight excluding hydrogens is 219 g/mol. The number of hydrogen-bond donors (Lipinski definition) is 1. The van der Waals surface area contributed by atoms with Gasteiger partial charge in [-0.3, -0.25) is 9.79 Å². The fraction of sp³-hybridized carbons (Fsp3) is 0.385. The smallest absolute Gasteiger partial charge is 0.251 e. The van der Waals surface area contributed by atoms with E-state index in [1.807, 2.05) is 20.8 Å². The van der Waals surface area contributed by atoms with Crippen molar-refractivity contribution in [2.75, 3.05) is 7.05 Å². The van der Waals surface area contributed by atoms with E-state index in [2.05, 4.69) is 10.3 Å². The van der Waals surface area contributed by atoms with Gasteiger partial charge < -0.3 is 5.32 Å². The minimum absolute atomic E-state index is 0.238. The Morgan fingerprint density at radius 2 is 1.82 bits per heavy atom. The zero-order valence-corrected chi connectivity index (χ0v) is 10.5. The number of carbonyl (C=O) groups is 1. The van der Waals surface area contributed by atoms with Gasteiger partial charge >= 0.3 is 0 Å². The van der Waals surface area contributed by atoms with Gasteiger partial charge in [0.05, 0.1) is 5.54 Å². The van der Waals surface area contributed by atoms with Crippen LogP contribution >= 0.6 is 0 Å². The number of nitrogens with zero attached hydrogens (tertiary/aromatic N) is 1. The van der Waals surface area contributed by atoms with Crippen LogP contribution in [0.2, 0.25) is 0 Å². The van der Waals surface area contributed by atoms with Crippen molar-refractivity contribution >= 4 is 11.6 Å². The lowest BCUT2D eigenvalue weighted by molar-refractivity contribution is 0.0931. The van der Waals surface area contributed by atoms with Crippen molar-refractivity contribution in [2.45, 2.75) is 26.3 Å². The largest absolute Gasteiger partial charge is 0.342 e. The molecule has 0 unspecified atom stereocenters. The molecule has 0 heterocycles. The predicted octanol–water partition coefficient (Wildman–Crippen LogP) is 2.42. The Morgan fingerprint density at radius 3 is 2.29 bits per heavy atom. The maximum absolute atomic E-state index is 12.7. The SMILES string of the molecule is CN=C(C)C(C)(C)NC(=O)c1ccc(F)cc1. The minimum Gasteiger partial charge on any atom is -0.342 e. The van der Waals surface area contributed by atoms with Gasteiger partial charge in [-0.25, -0.2) is 4.39 Å². The molecule has 0 saturated carbocycles. The van der Waals surface area contributed by atoms with Gasteiger partial charge in [-0.1, -0.05) is 0 Å². The number of aliphatic imine (C=N–C) groups is 1. The number of benzene rings is 1. The van der Waals surface area contributed by atoms with Crippen molar-refractivity contribution in [1.29, 1.82) is 0 Å². The summed E-state index contributed by atoms with van der Waals surface area (Å²) in [4.78, 5) is 16.0. The lowest BCUT2D eigenvalue weighted by Gasteiger charge is -2.26. The molecule has 0 atom stereocenters. The van der Waals surface area contributed by atoms with Crippen LogP contribution < -0.4 is 5.32 Å². The Labute approximate surface area is 101 Å². The maximum atomic E-state index is 12.7. The van der Waals surface area contributed by atoms with Gasteiger partial charge in [0.15, 0.2) is 0 Å². The fourth-order valence-corrected chi connectivity index (χ4v) is 1.33. The van der Waals surface area contributed by atoms with E-state index in [4.69, 9.17) is 0 Å². The second-order valence-electron chi connectivity index (χ2n) is 4.40. The summed E-state index contributed by atoms with van der Waals surface area (Å²) in [5.41, 5.74) is 0.747. The Hall–Kier alpha value is -1.71. The van der Waals surface area contributed by atoms with Gasteiger partial charge in [0, 0.05) is 18.3 Å². The van der Waals surface area contributed by atoms with Crippen molar-refractivity contribution in [1.82, 2.24) is 5.32 Å². The van der Waals surface area contributed by atoms with E-state index in [0.29, 0.717) is 5.56 Å². The van der Waals surface area contributed by atoms with Gasteiger partial charge in [0.2, 0.25) is 0 Å². The number of hydrogen-bond acceptors (Lipinski definition) is 2. The molecule has 0 bridgehead atoms. The molecule has 1 N–H and O–H groups in total. The van der Waals surface area contributed by atoms with E-state index >= 15 is 0 Å². The first-order valence-electron chi connectivity index (χ1n) is 5.39. The van der Waals surface area contributed by atoms with E-state index in [9.17, 15) is 9.18 Å². The standard InChI is InChI=1S/C13H17FN2O/c1-9(15-4)13(2,3)16-12(17)10-5-7-11(14)8-6-10/h5-8H,1-4H3,(H,16,17). The molecule has 0 aliphatic carbocycles. The Bertz CT molecular complexity index is 435. The van der Waals surface area contributed by atoms with Crippen molar-refractivity contribution in [3.05, 3.63) is 35.6 Å². The molecule has 92 valence electrons. The van der Waals surface area contributed by atoms with Crippen LogP contribution in [0.15, 0.2) is 29.3 Å². The van der Waals surface area contributed by atoms with Crippen molar-refractivity contribution < 1.29 is 9.18 Å². The van der Waals surface area contributed by atoms with Crippen LogP contribution in [0, 0.1) is 5.82 Å². The topological polar surface area (TPSA) is 41.5 Å². The molecule has 1 amide bonds. The van der Waals surface area contributed by atoms with Crippen LogP contribution in [0.3, 0.4) is 0 Å². The second kappa shape index (κ2) is 5.08. The molecule has 1 aromatic carbocycles. The monoisotopic (exact) mass is 236 g/mol. The lowest BCUT2D eigenvalue weighted by atomic mass is 9.98. The highest BCUT2D eigenvalue weighted by atomic mass is 19.1. The quantitative estimate of drug-likeness (QED) is 0.804. The average Bonchev–Trinajstić information content (AvgIpc) is 2.28. The van der Waals surface area contributed by atoms with Crippen LogP contribution in [0.1, 0.15) is 31.1 Å². The zero-order valence-electron chi connectivity index (χ0n) is 10.5. The van der Waals surface area contributed by atoms with Crippen molar-refractivity contribution in [3.8, 4) is 0 Å².